The molecule has 0 radical (unpaired) electrons. The number of aromatic nitrogens is 1. The lowest BCUT2D eigenvalue weighted by molar-refractivity contribution is 0.520. The van der Waals surface area contributed by atoms with Gasteiger partial charge in [-0.05, 0) is 18.1 Å². The molecular weight excluding hydrogens is 292 g/mol. The van der Waals surface area contributed by atoms with E-state index >= 15 is 0 Å². The van der Waals surface area contributed by atoms with E-state index in [9.17, 15) is 8.42 Å². The van der Waals surface area contributed by atoms with Gasteiger partial charge in [0.2, 0.25) is 10.0 Å². The van der Waals surface area contributed by atoms with Crippen molar-refractivity contribution in [3.8, 4) is 0 Å². The fourth-order valence-corrected chi connectivity index (χ4v) is 3.04. The number of hydrogen-bond acceptors (Lipinski definition) is 4. The fourth-order valence-electron chi connectivity index (χ4n) is 1.09. The topological polar surface area (TPSA) is 50.3 Å². The summed E-state index contributed by atoms with van der Waals surface area (Å²) in [7, 11) is -0.389. The summed E-state index contributed by atoms with van der Waals surface area (Å²) in [4.78, 5) is 4.36. The highest BCUT2D eigenvalue weighted by Gasteiger charge is 2.17. The summed E-state index contributed by atoms with van der Waals surface area (Å²) >= 11 is 7.30. The minimum atomic E-state index is -3.39. The Morgan fingerprint density at radius 3 is 2.56 bits per heavy atom. The van der Waals surface area contributed by atoms with Crippen molar-refractivity contribution in [2.75, 3.05) is 25.7 Å². The lowest BCUT2D eigenvalue weighted by Crippen LogP contribution is -2.22. The molecule has 1 aromatic heterocycles. The molecule has 0 aliphatic heterocycles. The average molecular weight is 309 g/mol. The van der Waals surface area contributed by atoms with Gasteiger partial charge in [-0.1, -0.05) is 6.92 Å². The molecule has 0 bridgehead atoms. The van der Waals surface area contributed by atoms with Crippen molar-refractivity contribution in [1.82, 2.24) is 9.29 Å². The summed E-state index contributed by atoms with van der Waals surface area (Å²) in [6.45, 7) is 2.06. The molecule has 0 aliphatic carbocycles. The minimum Gasteiger partial charge on any atom is -0.249 e. The molecule has 0 spiro atoms. The highest BCUT2D eigenvalue weighted by molar-refractivity contribution is 7.99. The molecule has 1 heterocycles. The predicted octanol–water partition coefficient (Wildman–Crippen LogP) is 2.30. The number of sulfonamides is 1. The van der Waals surface area contributed by atoms with Gasteiger partial charge in [0.15, 0.2) is 0 Å². The van der Waals surface area contributed by atoms with E-state index < -0.39 is 10.0 Å². The molecular formula is C11H17ClN2O2S2. The average Bonchev–Trinajstić information content (AvgIpc) is 2.36. The normalized spacial score (nSPS) is 13.8. The summed E-state index contributed by atoms with van der Waals surface area (Å²) in [5, 5.41) is 0.810. The Labute approximate surface area is 118 Å². The Morgan fingerprint density at radius 2 is 2.11 bits per heavy atom. The third-order valence-electron chi connectivity index (χ3n) is 2.27. The lowest BCUT2D eigenvalue weighted by atomic mass is 10.3. The van der Waals surface area contributed by atoms with Crippen molar-refractivity contribution >= 4 is 33.4 Å². The molecule has 1 aromatic rings. The van der Waals surface area contributed by atoms with Crippen LogP contribution in [0.4, 0.5) is 0 Å². The Bertz CT molecular complexity index is 474. The van der Waals surface area contributed by atoms with Crippen molar-refractivity contribution in [2.24, 2.45) is 5.92 Å². The van der Waals surface area contributed by atoms with E-state index in [1.807, 2.05) is 0 Å². The number of thioether (sulfide) groups is 1. The smallest absolute Gasteiger partial charge is 0.244 e. The predicted molar refractivity (Wildman–Crippen MR) is 75.7 cm³/mol. The zero-order valence-electron chi connectivity index (χ0n) is 10.6. The molecule has 1 unspecified atom stereocenters. The van der Waals surface area contributed by atoms with Crippen LogP contribution in [0.25, 0.3) is 0 Å². The Hall–Kier alpha value is -0.300. The molecule has 0 saturated carbocycles. The quantitative estimate of drug-likeness (QED) is 0.598. The van der Waals surface area contributed by atoms with E-state index in [1.54, 1.807) is 23.9 Å². The van der Waals surface area contributed by atoms with Gasteiger partial charge in [-0.25, -0.2) is 17.7 Å². The van der Waals surface area contributed by atoms with E-state index in [2.05, 4.69) is 11.9 Å². The van der Waals surface area contributed by atoms with Crippen molar-refractivity contribution in [3.63, 3.8) is 0 Å². The Morgan fingerprint density at radius 1 is 1.44 bits per heavy atom. The minimum absolute atomic E-state index is 0.210. The number of pyridine rings is 1. The number of alkyl halides is 1. The SMILES string of the molecule is CC(CCl)CSc1ccc(S(=O)(=O)N(C)C)cn1. The zero-order valence-corrected chi connectivity index (χ0v) is 13.0. The molecule has 0 aliphatic rings. The summed E-state index contributed by atoms with van der Waals surface area (Å²) in [5.41, 5.74) is 0. The maximum Gasteiger partial charge on any atom is 0.244 e. The first kappa shape index (κ1) is 15.8. The first-order valence-electron chi connectivity index (χ1n) is 5.45. The molecule has 0 N–H and O–H groups in total. The molecule has 102 valence electrons. The molecule has 0 saturated heterocycles. The van der Waals surface area contributed by atoms with Crippen LogP contribution in [-0.4, -0.2) is 43.4 Å². The Balaban J connectivity index is 2.75. The maximum atomic E-state index is 11.8. The van der Waals surface area contributed by atoms with Gasteiger partial charge in [0.1, 0.15) is 4.90 Å². The van der Waals surface area contributed by atoms with Gasteiger partial charge in [0.25, 0.3) is 0 Å². The molecule has 1 atom stereocenters. The summed E-state index contributed by atoms with van der Waals surface area (Å²) < 4.78 is 24.8. The van der Waals surface area contributed by atoms with Crippen LogP contribution >= 0.6 is 23.4 Å². The van der Waals surface area contributed by atoms with Crippen LogP contribution in [-0.2, 0) is 10.0 Å². The van der Waals surface area contributed by atoms with Gasteiger partial charge < -0.3 is 0 Å². The van der Waals surface area contributed by atoms with E-state index in [0.29, 0.717) is 11.8 Å². The highest BCUT2D eigenvalue weighted by atomic mass is 35.5. The van der Waals surface area contributed by atoms with Crippen molar-refractivity contribution < 1.29 is 8.42 Å². The van der Waals surface area contributed by atoms with Crippen LogP contribution in [0.1, 0.15) is 6.92 Å². The number of rotatable bonds is 6. The van der Waals surface area contributed by atoms with Crippen LogP contribution in [0.15, 0.2) is 28.3 Å². The van der Waals surface area contributed by atoms with Gasteiger partial charge >= 0.3 is 0 Å². The van der Waals surface area contributed by atoms with Crippen LogP contribution in [0.5, 0.6) is 0 Å². The van der Waals surface area contributed by atoms with E-state index in [0.717, 1.165) is 10.8 Å². The van der Waals surface area contributed by atoms with Crippen molar-refractivity contribution in [3.05, 3.63) is 18.3 Å². The third kappa shape index (κ3) is 4.12. The van der Waals surface area contributed by atoms with Crippen LogP contribution < -0.4 is 0 Å². The van der Waals surface area contributed by atoms with Gasteiger partial charge in [-0.3, -0.25) is 0 Å². The molecule has 1 rings (SSSR count). The highest BCUT2D eigenvalue weighted by Crippen LogP contribution is 2.21. The maximum absolute atomic E-state index is 11.8. The van der Waals surface area contributed by atoms with Gasteiger partial charge in [0, 0.05) is 31.9 Å². The second-order valence-corrected chi connectivity index (χ2v) is 7.69. The molecule has 0 fully saturated rings. The van der Waals surface area contributed by atoms with E-state index in [1.165, 1.54) is 24.6 Å². The molecule has 0 amide bonds. The van der Waals surface area contributed by atoms with Gasteiger partial charge in [0.05, 0.1) is 5.03 Å². The molecule has 18 heavy (non-hydrogen) atoms. The lowest BCUT2D eigenvalue weighted by Gasteiger charge is -2.11. The fraction of sp³-hybridized carbons (Fsp3) is 0.545. The number of halogens is 1. The third-order valence-corrected chi connectivity index (χ3v) is 5.87. The first-order chi connectivity index (χ1) is 8.37. The summed E-state index contributed by atoms with van der Waals surface area (Å²) in [5.74, 6) is 1.89. The van der Waals surface area contributed by atoms with Gasteiger partial charge in [-0.15, -0.1) is 23.4 Å². The number of hydrogen-bond donors (Lipinski definition) is 0. The largest absolute Gasteiger partial charge is 0.249 e. The molecule has 7 heteroatoms. The van der Waals surface area contributed by atoms with Crippen LogP contribution in [0.2, 0.25) is 0 Å². The van der Waals surface area contributed by atoms with Gasteiger partial charge in [-0.2, -0.15) is 0 Å². The van der Waals surface area contributed by atoms with Crippen LogP contribution in [0.3, 0.4) is 0 Å². The second kappa shape index (κ2) is 6.75. The first-order valence-corrected chi connectivity index (χ1v) is 8.41. The van der Waals surface area contributed by atoms with E-state index in [4.69, 9.17) is 11.6 Å². The standard InChI is InChI=1S/C11H17ClN2O2S2/c1-9(6-12)8-17-11-5-4-10(7-13-11)18(15,16)14(2)3/h4-5,7,9H,6,8H2,1-3H3. The number of nitrogens with zero attached hydrogens (tertiary/aromatic N) is 2. The van der Waals surface area contributed by atoms with Crippen molar-refractivity contribution in [1.29, 1.82) is 0 Å². The summed E-state index contributed by atoms with van der Waals surface area (Å²) in [6.07, 6.45) is 1.39. The second-order valence-electron chi connectivity index (χ2n) is 4.19. The zero-order chi connectivity index (χ0) is 13.8. The monoisotopic (exact) mass is 308 g/mol. The van der Waals surface area contributed by atoms with E-state index in [-0.39, 0.29) is 4.90 Å². The van der Waals surface area contributed by atoms with Crippen molar-refractivity contribution in [2.45, 2.75) is 16.8 Å². The molecule has 4 nitrogen and oxygen atoms in total. The summed E-state index contributed by atoms with van der Waals surface area (Å²) in [6, 6.07) is 3.30. The van der Waals surface area contributed by atoms with Crippen LogP contribution in [0, 0.1) is 5.92 Å². The molecule has 0 aromatic carbocycles. The Kier molecular flexibility index (Phi) is 5.91.